The van der Waals surface area contributed by atoms with Crippen molar-refractivity contribution in [3.05, 3.63) is 12.2 Å². The number of hydrogen-bond donors (Lipinski definition) is 4. The van der Waals surface area contributed by atoms with Crippen LogP contribution in [0.4, 0.5) is 0 Å². The Morgan fingerprint density at radius 2 is 1.27 bits per heavy atom. The summed E-state index contributed by atoms with van der Waals surface area (Å²) in [7, 11) is 0. The van der Waals surface area contributed by atoms with Crippen LogP contribution < -0.4 is 0 Å². The van der Waals surface area contributed by atoms with Gasteiger partial charge in [0.05, 0.1) is 25.9 Å². The molecule has 0 heterocycles. The Morgan fingerprint density at radius 1 is 0.675 bits per heavy atom. The Bertz CT molecular complexity index is 773. The van der Waals surface area contributed by atoms with E-state index in [9.17, 15) is 38.4 Å². The molecule has 40 heavy (non-hydrogen) atoms. The minimum absolute atomic E-state index is 0.0395. The molecular formula is C22H30O17S. The smallest absolute Gasteiger partial charge is 0.315 e. The lowest BCUT2D eigenvalue weighted by molar-refractivity contribution is -0.144. The number of hydrogen-bond acceptors (Lipinski definition) is 14. The van der Waals surface area contributed by atoms with Crippen LogP contribution in [0, 0.1) is 11.8 Å². The first kappa shape index (κ1) is 42.5. The second-order valence-corrected chi connectivity index (χ2v) is 6.75. The molecule has 0 rings (SSSR count). The second kappa shape index (κ2) is 38.9. The lowest BCUT2D eigenvalue weighted by Gasteiger charge is -1.97. The number of aliphatic carboxylic acids is 4. The first-order valence-corrected chi connectivity index (χ1v) is 11.6. The second-order valence-electron chi connectivity index (χ2n) is 5.70. The third kappa shape index (κ3) is 64.0. The van der Waals surface area contributed by atoms with Gasteiger partial charge in [-0.3, -0.25) is 38.4 Å². The van der Waals surface area contributed by atoms with Crippen molar-refractivity contribution in [2.24, 2.45) is 0 Å². The van der Waals surface area contributed by atoms with Gasteiger partial charge < -0.3 is 44.1 Å². The van der Waals surface area contributed by atoms with Crippen molar-refractivity contribution in [1.29, 1.82) is 0 Å². The summed E-state index contributed by atoms with van der Waals surface area (Å²) in [6.45, 7) is 1.11. The van der Waals surface area contributed by atoms with Crippen LogP contribution in [0.25, 0.3) is 0 Å². The summed E-state index contributed by atoms with van der Waals surface area (Å²) in [5.41, 5.74) is 0. The topological polar surface area (TPSA) is 264 Å². The fourth-order valence-corrected chi connectivity index (χ4v) is 1.79. The minimum Gasteiger partial charge on any atom is -0.481 e. The Balaban J connectivity index is -0.000000216. The van der Waals surface area contributed by atoms with Crippen molar-refractivity contribution in [2.75, 3.05) is 38.3 Å². The highest BCUT2D eigenvalue weighted by Crippen LogP contribution is 2.01. The molecule has 0 aliphatic heterocycles. The Hall–Kier alpha value is -4.63. The minimum atomic E-state index is -0.987. The first-order chi connectivity index (χ1) is 19.1. The molecule has 0 amide bonds. The summed E-state index contributed by atoms with van der Waals surface area (Å²) >= 11 is 1.27. The Kier molecular flexibility index (Phi) is 41.3. The molecule has 0 radical (unpaired) electrons. The lowest BCUT2D eigenvalue weighted by atomic mass is 10.4. The summed E-state index contributed by atoms with van der Waals surface area (Å²) in [4.78, 5) is 77.5. The van der Waals surface area contributed by atoms with E-state index in [0.717, 1.165) is 0 Å². The number of carboxylic acids is 4. The third-order valence-electron chi connectivity index (χ3n) is 2.67. The molecule has 0 aliphatic carbocycles. The van der Waals surface area contributed by atoms with Gasteiger partial charge in [-0.15, -0.1) is 11.8 Å². The molecular weight excluding hydrogens is 568 g/mol. The van der Waals surface area contributed by atoms with Crippen LogP contribution in [0.1, 0.15) is 25.7 Å². The molecule has 0 spiro atoms. The van der Waals surface area contributed by atoms with Gasteiger partial charge in [0.2, 0.25) is 0 Å². The van der Waals surface area contributed by atoms with Crippen LogP contribution >= 0.6 is 11.8 Å². The molecule has 0 fully saturated rings. The van der Waals surface area contributed by atoms with E-state index in [1.165, 1.54) is 23.9 Å². The average molecular weight is 599 g/mol. The van der Waals surface area contributed by atoms with Gasteiger partial charge in [-0.1, -0.05) is 24.0 Å². The van der Waals surface area contributed by atoms with Crippen LogP contribution in [0.5, 0.6) is 0 Å². The van der Waals surface area contributed by atoms with Crippen molar-refractivity contribution in [3.63, 3.8) is 0 Å². The molecule has 18 heteroatoms. The standard InChI is InChI=1S/C6H8O4.C6H6O4.C5H8O5.C5H8O4S/c2*7-5-10-4-2-1-3-6(8)9;6-3-10-4-9-2-1-5(7)8;6-3-9-4-10-2-1-5(7)8/h1-2,5H,3-4H2,(H,8,9);5H,3-4H2,(H,8,9);2*3H,1-2,4H2,(H,7,8)/b2-1+;;;. The molecule has 226 valence electrons. The van der Waals surface area contributed by atoms with E-state index in [-0.39, 0.29) is 71.2 Å². The summed E-state index contributed by atoms with van der Waals surface area (Å²) in [6, 6.07) is 0. The predicted molar refractivity (Wildman–Crippen MR) is 132 cm³/mol. The highest BCUT2D eigenvalue weighted by atomic mass is 32.2. The summed E-state index contributed by atoms with van der Waals surface area (Å²) in [6.07, 6.45) is 2.66. The fourth-order valence-electron chi connectivity index (χ4n) is 1.20. The van der Waals surface area contributed by atoms with E-state index in [1.54, 1.807) is 0 Å². The number of carboxylic acid groups (broad SMARTS) is 4. The van der Waals surface area contributed by atoms with E-state index in [4.69, 9.17) is 20.4 Å². The summed E-state index contributed by atoms with van der Waals surface area (Å²) < 4.78 is 21.4. The number of carbonyl (C=O) groups is 8. The van der Waals surface area contributed by atoms with Crippen molar-refractivity contribution < 1.29 is 82.5 Å². The van der Waals surface area contributed by atoms with Crippen LogP contribution in [0.15, 0.2) is 12.2 Å². The maximum atomic E-state index is 9.91. The van der Waals surface area contributed by atoms with E-state index in [0.29, 0.717) is 18.7 Å². The number of thioether (sulfide) groups is 1. The molecule has 0 aromatic heterocycles. The zero-order valence-electron chi connectivity index (χ0n) is 21.0. The molecule has 17 nitrogen and oxygen atoms in total. The van der Waals surface area contributed by atoms with E-state index < -0.39 is 23.9 Å². The van der Waals surface area contributed by atoms with Gasteiger partial charge in [0.1, 0.15) is 19.0 Å². The SMILES string of the molecule is O=COC/C=C/CC(=O)O.O=COCC#CCC(=O)O.O=COCOCCC(=O)O.O=COCSCCC(=O)O. The first-order valence-electron chi connectivity index (χ1n) is 10.4. The molecule has 0 unspecified atom stereocenters. The molecule has 0 aliphatic rings. The number of carbonyl (C=O) groups excluding carboxylic acids is 4. The maximum Gasteiger partial charge on any atom is 0.315 e. The molecule has 0 aromatic rings. The van der Waals surface area contributed by atoms with Gasteiger partial charge in [0, 0.05) is 5.75 Å². The quantitative estimate of drug-likeness (QED) is 0.0351. The highest BCUT2D eigenvalue weighted by Gasteiger charge is 1.96. The zero-order chi connectivity index (χ0) is 31.3. The van der Waals surface area contributed by atoms with E-state index >= 15 is 0 Å². The van der Waals surface area contributed by atoms with Crippen LogP contribution in [-0.4, -0.2) is 108 Å². The van der Waals surface area contributed by atoms with Gasteiger partial charge in [-0.2, -0.15) is 0 Å². The molecule has 0 bridgehead atoms. The van der Waals surface area contributed by atoms with Gasteiger partial charge in [-0.25, -0.2) is 0 Å². The average Bonchev–Trinajstić information content (AvgIpc) is 2.89. The zero-order valence-corrected chi connectivity index (χ0v) is 21.9. The monoisotopic (exact) mass is 598 g/mol. The number of rotatable bonds is 20. The largest absolute Gasteiger partial charge is 0.481 e. The normalized spacial score (nSPS) is 8.60. The van der Waals surface area contributed by atoms with Gasteiger partial charge in [0.15, 0.2) is 13.4 Å². The number of ether oxygens (including phenoxy) is 5. The van der Waals surface area contributed by atoms with Crippen molar-refractivity contribution >= 4 is 61.5 Å². The van der Waals surface area contributed by atoms with Gasteiger partial charge in [-0.05, 0) is 0 Å². The fraction of sp³-hybridized carbons (Fsp3) is 0.455. The molecule has 0 saturated carbocycles. The molecule has 0 saturated heterocycles. The van der Waals surface area contributed by atoms with E-state index in [1.807, 2.05) is 0 Å². The van der Waals surface area contributed by atoms with Crippen molar-refractivity contribution in [1.82, 2.24) is 0 Å². The third-order valence-corrected chi connectivity index (χ3v) is 3.46. The Morgan fingerprint density at radius 3 is 1.77 bits per heavy atom. The van der Waals surface area contributed by atoms with Gasteiger partial charge >= 0.3 is 23.9 Å². The molecule has 0 atom stereocenters. The maximum absolute atomic E-state index is 9.91. The molecule has 4 N–H and O–H groups in total. The summed E-state index contributed by atoms with van der Waals surface area (Å²) in [5.74, 6) is 1.67. The van der Waals surface area contributed by atoms with E-state index in [2.05, 4.69) is 35.5 Å². The molecule has 0 aromatic carbocycles. The Labute approximate surface area is 232 Å². The van der Waals surface area contributed by atoms with Crippen LogP contribution in [0.2, 0.25) is 0 Å². The highest BCUT2D eigenvalue weighted by molar-refractivity contribution is 7.99. The van der Waals surface area contributed by atoms with Crippen LogP contribution in [0.3, 0.4) is 0 Å². The van der Waals surface area contributed by atoms with Crippen molar-refractivity contribution in [2.45, 2.75) is 25.7 Å². The lowest BCUT2D eigenvalue weighted by Crippen LogP contribution is -2.05. The van der Waals surface area contributed by atoms with Crippen LogP contribution in [-0.2, 0) is 62.0 Å². The van der Waals surface area contributed by atoms with Crippen molar-refractivity contribution in [3.8, 4) is 11.8 Å². The summed E-state index contributed by atoms with van der Waals surface area (Å²) in [5, 5.41) is 32.4. The van der Waals surface area contributed by atoms with Gasteiger partial charge in [0.25, 0.3) is 25.9 Å². The predicted octanol–water partition coefficient (Wildman–Crippen LogP) is -0.239.